The molecule has 1 aliphatic heterocycles. The number of likely N-dealkylation sites (N-methyl/N-ethyl adjacent to an activating group) is 1. The standard InChI is InChI=1S/C28H38N3O4/c1-6-22-28(31(2,16-19-10-11-19)21-12-13-35-18-21)24-9-7-8-23(30(24)29-22)27-25(33-4)14-20(17-32-3)15-26(27)34-5/h7-9,14-15,19,21H,6,10-13,16-18H2,1-5H3/q+1. The minimum absolute atomic E-state index is 0.454. The summed E-state index contributed by atoms with van der Waals surface area (Å²) in [5.74, 6) is 2.29. The van der Waals surface area contributed by atoms with Crippen molar-refractivity contribution >= 4 is 11.2 Å². The van der Waals surface area contributed by atoms with Gasteiger partial charge in [-0.1, -0.05) is 13.0 Å². The van der Waals surface area contributed by atoms with E-state index in [0.29, 0.717) is 12.6 Å². The van der Waals surface area contributed by atoms with Crippen LogP contribution in [-0.4, -0.2) is 63.8 Å². The quantitative estimate of drug-likeness (QED) is 0.388. The number of nitrogens with zero attached hydrogens (tertiary/aromatic N) is 3. The van der Waals surface area contributed by atoms with Gasteiger partial charge in [0.15, 0.2) is 5.69 Å². The molecule has 0 amide bonds. The molecule has 1 aromatic carbocycles. The number of aryl methyl sites for hydroxylation is 1. The minimum atomic E-state index is 0.454. The maximum absolute atomic E-state index is 5.89. The Bertz CT molecular complexity index is 1170. The predicted molar refractivity (Wildman–Crippen MR) is 138 cm³/mol. The van der Waals surface area contributed by atoms with Crippen molar-refractivity contribution in [3.8, 4) is 22.8 Å². The topological polar surface area (TPSA) is 54.2 Å². The number of rotatable bonds is 10. The van der Waals surface area contributed by atoms with Crippen molar-refractivity contribution in [3.63, 3.8) is 0 Å². The van der Waals surface area contributed by atoms with E-state index < -0.39 is 0 Å². The lowest BCUT2D eigenvalue weighted by Crippen LogP contribution is -2.55. The molecule has 188 valence electrons. The lowest BCUT2D eigenvalue weighted by Gasteiger charge is -2.39. The first kappa shape index (κ1) is 24.1. The van der Waals surface area contributed by atoms with Gasteiger partial charge in [-0.25, -0.2) is 4.52 Å². The molecule has 7 heteroatoms. The summed E-state index contributed by atoms with van der Waals surface area (Å²) in [5.41, 5.74) is 6.51. The summed E-state index contributed by atoms with van der Waals surface area (Å²) in [6.07, 6.45) is 4.63. The molecule has 7 nitrogen and oxygen atoms in total. The summed E-state index contributed by atoms with van der Waals surface area (Å²) < 4.78 is 25.9. The molecule has 1 aliphatic carbocycles. The fraction of sp³-hybridized carbons (Fsp3) is 0.536. The van der Waals surface area contributed by atoms with Gasteiger partial charge in [0.25, 0.3) is 0 Å². The number of aromatic nitrogens is 2. The maximum Gasteiger partial charge on any atom is 0.182 e. The Labute approximate surface area is 208 Å². The molecule has 3 aromatic rings. The van der Waals surface area contributed by atoms with Gasteiger partial charge in [-0.15, -0.1) is 0 Å². The van der Waals surface area contributed by atoms with Gasteiger partial charge in [0.2, 0.25) is 0 Å². The van der Waals surface area contributed by atoms with Crippen molar-refractivity contribution < 1.29 is 18.9 Å². The lowest BCUT2D eigenvalue weighted by molar-refractivity contribution is 0.158. The monoisotopic (exact) mass is 480 g/mol. The summed E-state index contributed by atoms with van der Waals surface area (Å²) in [4.78, 5) is 0. The van der Waals surface area contributed by atoms with Crippen LogP contribution in [0.1, 0.15) is 37.4 Å². The number of quaternary nitrogens is 1. The SMILES string of the molecule is CCc1nn2c(-c3c(OC)cc(COC)cc3OC)cccc2c1[N+](C)(CC1CC1)C1CCOC1. The van der Waals surface area contributed by atoms with Crippen LogP contribution in [0, 0.1) is 5.92 Å². The molecule has 0 N–H and O–H groups in total. The van der Waals surface area contributed by atoms with E-state index in [-0.39, 0.29) is 0 Å². The second kappa shape index (κ2) is 9.80. The zero-order valence-corrected chi connectivity index (χ0v) is 21.7. The molecular weight excluding hydrogens is 442 g/mol. The fourth-order valence-electron chi connectivity index (χ4n) is 5.79. The third kappa shape index (κ3) is 4.30. The van der Waals surface area contributed by atoms with Crippen LogP contribution < -0.4 is 14.0 Å². The van der Waals surface area contributed by atoms with E-state index in [1.54, 1.807) is 21.3 Å². The molecule has 5 rings (SSSR count). The molecule has 0 spiro atoms. The maximum atomic E-state index is 5.89. The Hall–Kier alpha value is -2.61. The number of hydrogen-bond donors (Lipinski definition) is 0. The first-order chi connectivity index (χ1) is 17.0. The van der Waals surface area contributed by atoms with Gasteiger partial charge in [-0.2, -0.15) is 5.10 Å². The minimum Gasteiger partial charge on any atom is -0.496 e. The zero-order valence-electron chi connectivity index (χ0n) is 21.7. The highest BCUT2D eigenvalue weighted by Gasteiger charge is 2.45. The van der Waals surface area contributed by atoms with Gasteiger partial charge in [0.1, 0.15) is 28.8 Å². The molecule has 2 aliphatic rings. The van der Waals surface area contributed by atoms with Crippen molar-refractivity contribution in [1.29, 1.82) is 0 Å². The van der Waals surface area contributed by atoms with Crippen molar-refractivity contribution in [2.75, 3.05) is 48.1 Å². The van der Waals surface area contributed by atoms with Gasteiger partial charge < -0.3 is 18.9 Å². The molecule has 35 heavy (non-hydrogen) atoms. The fourth-order valence-corrected chi connectivity index (χ4v) is 5.79. The Balaban J connectivity index is 1.73. The van der Waals surface area contributed by atoms with E-state index in [0.717, 1.165) is 82.5 Å². The van der Waals surface area contributed by atoms with E-state index in [1.807, 2.05) is 12.1 Å². The average Bonchev–Trinajstić information content (AvgIpc) is 3.35. The van der Waals surface area contributed by atoms with E-state index >= 15 is 0 Å². The van der Waals surface area contributed by atoms with E-state index in [2.05, 4.69) is 36.7 Å². The summed E-state index contributed by atoms with van der Waals surface area (Å²) in [6.45, 7) is 5.50. The van der Waals surface area contributed by atoms with Crippen LogP contribution in [0.5, 0.6) is 11.5 Å². The summed E-state index contributed by atoms with van der Waals surface area (Å²) >= 11 is 0. The Morgan fingerprint density at radius 3 is 2.40 bits per heavy atom. The van der Waals surface area contributed by atoms with Crippen LogP contribution >= 0.6 is 0 Å². The van der Waals surface area contributed by atoms with Gasteiger partial charge >= 0.3 is 0 Å². The van der Waals surface area contributed by atoms with Crippen LogP contribution in [0.25, 0.3) is 16.8 Å². The van der Waals surface area contributed by atoms with Crippen LogP contribution in [0.15, 0.2) is 30.3 Å². The predicted octanol–water partition coefficient (Wildman–Crippen LogP) is 4.86. The first-order valence-electron chi connectivity index (χ1n) is 12.7. The van der Waals surface area contributed by atoms with E-state index in [4.69, 9.17) is 24.0 Å². The number of hydrogen-bond acceptors (Lipinski definition) is 5. The molecule has 1 saturated heterocycles. The molecule has 2 unspecified atom stereocenters. The lowest BCUT2D eigenvalue weighted by atomic mass is 10.0. The third-order valence-corrected chi connectivity index (χ3v) is 7.73. The molecule has 1 saturated carbocycles. The summed E-state index contributed by atoms with van der Waals surface area (Å²) in [6, 6.07) is 10.9. The van der Waals surface area contributed by atoms with Gasteiger partial charge in [0, 0.05) is 19.4 Å². The number of fused-ring (bicyclic) bond motifs is 1. The highest BCUT2D eigenvalue weighted by Crippen LogP contribution is 2.44. The Morgan fingerprint density at radius 2 is 1.83 bits per heavy atom. The van der Waals surface area contributed by atoms with Crippen molar-refractivity contribution in [2.45, 2.75) is 45.3 Å². The van der Waals surface area contributed by atoms with E-state index in [1.165, 1.54) is 18.5 Å². The Kier molecular flexibility index (Phi) is 6.75. The number of pyridine rings is 1. The highest BCUT2D eigenvalue weighted by atomic mass is 16.5. The van der Waals surface area contributed by atoms with Crippen LogP contribution in [-0.2, 0) is 22.5 Å². The normalized spacial score (nSPS) is 19.7. The van der Waals surface area contributed by atoms with Crippen molar-refractivity contribution in [1.82, 2.24) is 14.1 Å². The Morgan fingerprint density at radius 1 is 1.09 bits per heavy atom. The zero-order chi connectivity index (χ0) is 24.6. The van der Waals surface area contributed by atoms with Crippen LogP contribution in [0.4, 0.5) is 5.69 Å². The number of ether oxygens (including phenoxy) is 4. The molecule has 0 bridgehead atoms. The number of benzene rings is 1. The van der Waals surface area contributed by atoms with Gasteiger partial charge in [-0.3, -0.25) is 4.48 Å². The number of methoxy groups -OCH3 is 3. The second-order valence-electron chi connectivity index (χ2n) is 10.1. The first-order valence-corrected chi connectivity index (χ1v) is 12.7. The van der Waals surface area contributed by atoms with Gasteiger partial charge in [0.05, 0.1) is 58.9 Å². The second-order valence-corrected chi connectivity index (χ2v) is 10.1. The highest BCUT2D eigenvalue weighted by molar-refractivity contribution is 5.82. The average molecular weight is 481 g/mol. The molecule has 2 atom stereocenters. The summed E-state index contributed by atoms with van der Waals surface area (Å²) in [5, 5.41) is 5.21. The molecule has 2 aromatic heterocycles. The molecule has 0 radical (unpaired) electrons. The van der Waals surface area contributed by atoms with Crippen molar-refractivity contribution in [2.24, 2.45) is 5.92 Å². The van der Waals surface area contributed by atoms with Crippen LogP contribution in [0.3, 0.4) is 0 Å². The third-order valence-electron chi connectivity index (χ3n) is 7.73. The smallest absolute Gasteiger partial charge is 0.182 e. The largest absolute Gasteiger partial charge is 0.496 e. The van der Waals surface area contributed by atoms with Gasteiger partial charge in [-0.05, 0) is 49.1 Å². The van der Waals surface area contributed by atoms with Crippen molar-refractivity contribution in [3.05, 3.63) is 41.6 Å². The van der Waals surface area contributed by atoms with Crippen LogP contribution in [0.2, 0.25) is 0 Å². The van der Waals surface area contributed by atoms with E-state index in [9.17, 15) is 0 Å². The molecular formula is C28H38N3O4+. The molecule has 2 fully saturated rings. The summed E-state index contributed by atoms with van der Waals surface area (Å²) in [7, 11) is 7.49. The molecule has 3 heterocycles.